The van der Waals surface area contributed by atoms with Gasteiger partial charge in [-0.05, 0) is 19.0 Å². The smallest absolute Gasteiger partial charge is 0.135 e. The second kappa shape index (κ2) is 5.02. The third-order valence-electron chi connectivity index (χ3n) is 3.19. The van der Waals surface area contributed by atoms with E-state index >= 15 is 0 Å². The fraction of sp³-hybridized carbons (Fsp3) is 0.417. The molecule has 2 unspecified atom stereocenters. The Bertz CT molecular complexity index is 499. The molecule has 5 heteroatoms. The summed E-state index contributed by atoms with van der Waals surface area (Å²) >= 11 is 0. The lowest BCUT2D eigenvalue weighted by molar-refractivity contribution is 0.177. The first-order valence-corrected chi connectivity index (χ1v) is 5.63. The summed E-state index contributed by atoms with van der Waals surface area (Å²) < 4.78 is 15.7. The Labute approximate surface area is 105 Å². The molecule has 3 nitrogen and oxygen atoms in total. The third-order valence-corrected chi connectivity index (χ3v) is 3.19. The Morgan fingerprint density at radius 1 is 1.35 bits per heavy atom. The quantitative estimate of drug-likeness (QED) is 0.848. The topological polar surface area (TPSA) is 29.9 Å². The summed E-state index contributed by atoms with van der Waals surface area (Å²) in [6.07, 6.45) is 1.76. The molecule has 1 aromatic carbocycles. The van der Waals surface area contributed by atoms with E-state index in [0.29, 0.717) is 6.54 Å². The number of hydrogen-bond donors (Lipinski definition) is 1. The van der Waals surface area contributed by atoms with Crippen molar-refractivity contribution in [3.05, 3.63) is 30.5 Å². The van der Waals surface area contributed by atoms with Crippen molar-refractivity contribution in [1.29, 1.82) is 0 Å². The molecule has 0 saturated carbocycles. The molecule has 2 heterocycles. The molecular weight excluding hydrogens is 241 g/mol. The van der Waals surface area contributed by atoms with E-state index in [4.69, 9.17) is 0 Å². The molecule has 0 spiro atoms. The SMILES string of the molecule is Cl.FC1CNCCC1n1ncc2ccccc21. The number of benzene rings is 1. The molecular formula is C12H15ClFN3. The Morgan fingerprint density at radius 2 is 2.18 bits per heavy atom. The molecule has 0 bridgehead atoms. The van der Waals surface area contributed by atoms with E-state index in [2.05, 4.69) is 10.4 Å². The van der Waals surface area contributed by atoms with Crippen molar-refractivity contribution in [1.82, 2.24) is 15.1 Å². The lowest BCUT2D eigenvalue weighted by Crippen LogP contribution is -2.39. The van der Waals surface area contributed by atoms with Crippen LogP contribution in [0, 0.1) is 0 Å². The van der Waals surface area contributed by atoms with Crippen LogP contribution in [0.1, 0.15) is 12.5 Å². The normalized spacial score (nSPS) is 24.5. The molecule has 1 aliphatic rings. The van der Waals surface area contributed by atoms with Gasteiger partial charge >= 0.3 is 0 Å². The predicted molar refractivity (Wildman–Crippen MR) is 68.4 cm³/mol. The van der Waals surface area contributed by atoms with Crippen LogP contribution in [0.4, 0.5) is 4.39 Å². The summed E-state index contributed by atoms with van der Waals surface area (Å²) in [5.41, 5.74) is 1.03. The second-order valence-corrected chi connectivity index (χ2v) is 4.22. The van der Waals surface area contributed by atoms with Crippen molar-refractivity contribution in [3.63, 3.8) is 0 Å². The van der Waals surface area contributed by atoms with Gasteiger partial charge in [-0.25, -0.2) is 4.39 Å². The number of nitrogens with zero attached hydrogens (tertiary/aromatic N) is 2. The van der Waals surface area contributed by atoms with E-state index in [1.807, 2.05) is 35.1 Å². The first-order chi connectivity index (χ1) is 7.86. The molecule has 1 aliphatic heterocycles. The van der Waals surface area contributed by atoms with Gasteiger partial charge in [-0.15, -0.1) is 12.4 Å². The average molecular weight is 256 g/mol. The maximum absolute atomic E-state index is 13.8. The van der Waals surface area contributed by atoms with Crippen molar-refractivity contribution in [2.75, 3.05) is 13.1 Å². The zero-order valence-electron chi connectivity index (χ0n) is 9.34. The van der Waals surface area contributed by atoms with Gasteiger partial charge < -0.3 is 5.32 Å². The maximum Gasteiger partial charge on any atom is 0.135 e. The third kappa shape index (κ3) is 2.15. The molecule has 3 rings (SSSR count). The standard InChI is InChI=1S/C12H14FN3.ClH/c13-10-8-14-6-5-12(10)16-11-4-2-1-3-9(11)7-15-16;/h1-4,7,10,12,14H,5-6,8H2;1H. The molecule has 0 aliphatic carbocycles. The fourth-order valence-electron chi connectivity index (χ4n) is 2.34. The van der Waals surface area contributed by atoms with Gasteiger partial charge in [0.15, 0.2) is 0 Å². The minimum Gasteiger partial charge on any atom is -0.314 e. The van der Waals surface area contributed by atoms with Gasteiger partial charge in [-0.3, -0.25) is 4.68 Å². The van der Waals surface area contributed by atoms with Gasteiger partial charge in [0.1, 0.15) is 6.17 Å². The largest absolute Gasteiger partial charge is 0.314 e. The van der Waals surface area contributed by atoms with Crippen LogP contribution in [-0.4, -0.2) is 29.0 Å². The van der Waals surface area contributed by atoms with Crippen LogP contribution in [0.25, 0.3) is 10.9 Å². The van der Waals surface area contributed by atoms with E-state index in [1.54, 1.807) is 0 Å². The second-order valence-electron chi connectivity index (χ2n) is 4.22. The van der Waals surface area contributed by atoms with Crippen LogP contribution in [-0.2, 0) is 0 Å². The summed E-state index contributed by atoms with van der Waals surface area (Å²) in [7, 11) is 0. The van der Waals surface area contributed by atoms with E-state index < -0.39 is 6.17 Å². The minimum absolute atomic E-state index is 0. The summed E-state index contributed by atoms with van der Waals surface area (Å²) in [4.78, 5) is 0. The number of aromatic nitrogens is 2. The molecule has 1 aromatic heterocycles. The molecule has 2 aromatic rings. The van der Waals surface area contributed by atoms with Gasteiger partial charge in [-0.1, -0.05) is 18.2 Å². The Balaban J connectivity index is 0.00000108. The lowest BCUT2D eigenvalue weighted by atomic mass is 10.0. The van der Waals surface area contributed by atoms with E-state index in [0.717, 1.165) is 23.9 Å². The number of alkyl halides is 1. The van der Waals surface area contributed by atoms with Crippen molar-refractivity contribution in [2.24, 2.45) is 0 Å². The number of halogens is 2. The van der Waals surface area contributed by atoms with Crippen molar-refractivity contribution in [2.45, 2.75) is 18.6 Å². The van der Waals surface area contributed by atoms with Gasteiger partial charge in [0.25, 0.3) is 0 Å². The highest BCUT2D eigenvalue weighted by Crippen LogP contribution is 2.25. The highest BCUT2D eigenvalue weighted by Gasteiger charge is 2.27. The summed E-state index contributed by atoms with van der Waals surface area (Å²) in [6.45, 7) is 1.29. The first-order valence-electron chi connectivity index (χ1n) is 5.63. The van der Waals surface area contributed by atoms with Crippen LogP contribution in [0.2, 0.25) is 0 Å². The molecule has 1 fully saturated rings. The summed E-state index contributed by atoms with van der Waals surface area (Å²) in [5, 5.41) is 8.45. The summed E-state index contributed by atoms with van der Waals surface area (Å²) in [6, 6.07) is 7.82. The number of rotatable bonds is 1. The fourth-order valence-corrected chi connectivity index (χ4v) is 2.34. The van der Waals surface area contributed by atoms with Gasteiger partial charge in [0, 0.05) is 11.9 Å². The van der Waals surface area contributed by atoms with Gasteiger partial charge in [0.05, 0.1) is 17.8 Å². The molecule has 2 atom stereocenters. The first kappa shape index (κ1) is 12.3. The highest BCUT2D eigenvalue weighted by atomic mass is 35.5. The number of hydrogen-bond acceptors (Lipinski definition) is 2. The van der Waals surface area contributed by atoms with Crippen molar-refractivity contribution >= 4 is 23.3 Å². The number of para-hydroxylation sites is 1. The van der Waals surface area contributed by atoms with Crippen LogP contribution >= 0.6 is 12.4 Å². The molecule has 17 heavy (non-hydrogen) atoms. The lowest BCUT2D eigenvalue weighted by Gasteiger charge is -2.27. The minimum atomic E-state index is -0.850. The Hall–Kier alpha value is -1.13. The van der Waals surface area contributed by atoms with Crippen LogP contribution in [0.15, 0.2) is 30.5 Å². The zero-order valence-corrected chi connectivity index (χ0v) is 10.2. The molecule has 1 saturated heterocycles. The molecule has 0 radical (unpaired) electrons. The maximum atomic E-state index is 13.8. The Morgan fingerprint density at radius 3 is 3.00 bits per heavy atom. The highest BCUT2D eigenvalue weighted by molar-refractivity contribution is 5.85. The predicted octanol–water partition coefficient (Wildman–Crippen LogP) is 2.33. The molecule has 1 N–H and O–H groups in total. The monoisotopic (exact) mass is 255 g/mol. The van der Waals surface area contributed by atoms with Crippen molar-refractivity contribution < 1.29 is 4.39 Å². The van der Waals surface area contributed by atoms with E-state index in [9.17, 15) is 4.39 Å². The van der Waals surface area contributed by atoms with E-state index in [1.165, 1.54) is 0 Å². The average Bonchev–Trinajstić information content (AvgIpc) is 2.74. The zero-order chi connectivity index (χ0) is 11.0. The van der Waals surface area contributed by atoms with Crippen LogP contribution in [0.5, 0.6) is 0 Å². The van der Waals surface area contributed by atoms with Gasteiger partial charge in [-0.2, -0.15) is 5.10 Å². The van der Waals surface area contributed by atoms with E-state index in [-0.39, 0.29) is 18.4 Å². The van der Waals surface area contributed by atoms with Crippen molar-refractivity contribution in [3.8, 4) is 0 Å². The number of nitrogens with one attached hydrogen (secondary N) is 1. The van der Waals surface area contributed by atoms with Crippen LogP contribution in [0.3, 0.4) is 0 Å². The molecule has 0 amide bonds. The number of fused-ring (bicyclic) bond motifs is 1. The number of piperidine rings is 1. The Kier molecular flexibility index (Phi) is 3.64. The van der Waals surface area contributed by atoms with Crippen LogP contribution < -0.4 is 5.32 Å². The van der Waals surface area contributed by atoms with Gasteiger partial charge in [0.2, 0.25) is 0 Å². The molecule has 92 valence electrons. The summed E-state index contributed by atoms with van der Waals surface area (Å²) in [5.74, 6) is 0.